The van der Waals surface area contributed by atoms with E-state index in [1.807, 2.05) is 48.5 Å². The largest absolute Gasteiger partial charge is 0.468 e. The van der Waals surface area contributed by atoms with Crippen LogP contribution in [0.5, 0.6) is 11.5 Å². The molecule has 0 bridgehead atoms. The van der Waals surface area contributed by atoms with Crippen molar-refractivity contribution in [3.05, 3.63) is 88.4 Å². The van der Waals surface area contributed by atoms with Crippen molar-refractivity contribution in [3.8, 4) is 11.5 Å². The Kier molecular flexibility index (Phi) is 7.97. The van der Waals surface area contributed by atoms with E-state index in [0.29, 0.717) is 29.4 Å². The third-order valence-electron chi connectivity index (χ3n) is 5.48. The summed E-state index contributed by atoms with van der Waals surface area (Å²) in [5.74, 6) is 0.495. The van der Waals surface area contributed by atoms with Crippen LogP contribution in [0.4, 0.5) is 5.69 Å². The van der Waals surface area contributed by atoms with Crippen LogP contribution in [0.1, 0.15) is 22.6 Å². The van der Waals surface area contributed by atoms with Gasteiger partial charge in [-0.25, -0.2) is 0 Å². The number of nitrogens with two attached hydrogens (primary N) is 1. The molecule has 4 rings (SSSR count). The second-order valence-electron chi connectivity index (χ2n) is 7.67. The lowest BCUT2D eigenvalue weighted by Crippen LogP contribution is -2.33. The van der Waals surface area contributed by atoms with Gasteiger partial charge in [-0.1, -0.05) is 48.0 Å². The fourth-order valence-corrected chi connectivity index (χ4v) is 4.02. The molecule has 0 aliphatic carbocycles. The molecule has 3 aromatic rings. The van der Waals surface area contributed by atoms with Crippen LogP contribution in [0, 0.1) is 0 Å². The van der Waals surface area contributed by atoms with E-state index in [4.69, 9.17) is 22.1 Å². The van der Waals surface area contributed by atoms with Crippen molar-refractivity contribution in [3.63, 3.8) is 0 Å². The van der Waals surface area contributed by atoms with Crippen molar-refractivity contribution < 1.29 is 19.1 Å². The Hall–Kier alpha value is -3.06. The van der Waals surface area contributed by atoms with Gasteiger partial charge >= 0.3 is 5.97 Å². The molecule has 0 aromatic heterocycles. The number of amides is 1. The fourth-order valence-electron chi connectivity index (χ4n) is 3.77. The normalized spacial score (nSPS) is 15.1. The molecule has 1 amide bonds. The van der Waals surface area contributed by atoms with Gasteiger partial charge in [0.25, 0.3) is 0 Å². The van der Waals surface area contributed by atoms with Gasteiger partial charge in [0.1, 0.15) is 17.5 Å². The molecule has 33 heavy (non-hydrogen) atoms. The molecule has 6 nitrogen and oxygen atoms in total. The second kappa shape index (κ2) is 10.7. The summed E-state index contributed by atoms with van der Waals surface area (Å²) in [7, 11) is 1.32. The van der Waals surface area contributed by atoms with Gasteiger partial charge in [0, 0.05) is 10.7 Å². The van der Waals surface area contributed by atoms with E-state index in [9.17, 15) is 9.59 Å². The summed E-state index contributed by atoms with van der Waals surface area (Å²) >= 11 is 6.51. The summed E-state index contributed by atoms with van der Waals surface area (Å²) in [6.07, 6.45) is 0.891. The van der Waals surface area contributed by atoms with Crippen LogP contribution in [-0.2, 0) is 27.2 Å². The molecule has 172 valence electrons. The SMILES string of the molecule is COC(=O)[C@H](N)Cc1ccc(Oc2ccc(CC3C(=O)Nc4ccccc43)c(Cl)c2)cc1.Cl. The highest BCUT2D eigenvalue weighted by atomic mass is 35.5. The fraction of sp³-hybridized carbons (Fsp3) is 0.200. The molecule has 3 N–H and O–H groups in total. The van der Waals surface area contributed by atoms with E-state index in [0.717, 1.165) is 22.4 Å². The first-order valence-corrected chi connectivity index (χ1v) is 10.6. The summed E-state index contributed by atoms with van der Waals surface area (Å²) in [6.45, 7) is 0. The molecule has 3 aromatic carbocycles. The number of carbonyl (C=O) groups is 2. The first kappa shape index (κ1) is 24.6. The van der Waals surface area contributed by atoms with E-state index >= 15 is 0 Å². The van der Waals surface area contributed by atoms with Crippen LogP contribution in [0.15, 0.2) is 66.7 Å². The molecule has 0 fully saturated rings. The van der Waals surface area contributed by atoms with Crippen molar-refractivity contribution in [2.45, 2.75) is 24.8 Å². The van der Waals surface area contributed by atoms with Gasteiger partial charge in [-0.05, 0) is 59.9 Å². The maximum atomic E-state index is 12.4. The standard InChI is InChI=1S/C25H23ClN2O4.ClH/c1-31-25(30)22(27)12-15-6-9-17(10-7-15)32-18-11-8-16(21(26)14-18)13-20-19-4-2-3-5-23(19)28-24(20)29;/h2-11,14,20,22H,12-13,27H2,1H3,(H,28,29);1H/t20?,22-;/m1./s1. The number of benzene rings is 3. The summed E-state index contributed by atoms with van der Waals surface area (Å²) in [5, 5.41) is 3.46. The van der Waals surface area contributed by atoms with E-state index in [1.54, 1.807) is 18.2 Å². The zero-order valence-electron chi connectivity index (χ0n) is 17.9. The van der Waals surface area contributed by atoms with Crippen LogP contribution >= 0.6 is 24.0 Å². The number of rotatable bonds is 7. The third-order valence-corrected chi connectivity index (χ3v) is 5.83. The number of halogens is 2. The number of anilines is 1. The molecule has 0 radical (unpaired) electrons. The second-order valence-corrected chi connectivity index (χ2v) is 8.07. The molecule has 1 heterocycles. The minimum Gasteiger partial charge on any atom is -0.468 e. The summed E-state index contributed by atoms with van der Waals surface area (Å²) in [4.78, 5) is 23.9. The van der Waals surface area contributed by atoms with Crippen molar-refractivity contribution in [2.24, 2.45) is 5.73 Å². The van der Waals surface area contributed by atoms with E-state index in [1.165, 1.54) is 7.11 Å². The van der Waals surface area contributed by atoms with Crippen LogP contribution in [0.25, 0.3) is 0 Å². The Morgan fingerprint density at radius 1 is 1.09 bits per heavy atom. The maximum Gasteiger partial charge on any atom is 0.322 e. The monoisotopic (exact) mass is 486 g/mol. The van der Waals surface area contributed by atoms with Gasteiger partial charge < -0.3 is 20.5 Å². The maximum absolute atomic E-state index is 12.4. The average Bonchev–Trinajstić information content (AvgIpc) is 3.11. The van der Waals surface area contributed by atoms with Crippen LogP contribution in [0.2, 0.25) is 5.02 Å². The lowest BCUT2D eigenvalue weighted by Gasteiger charge is -2.13. The summed E-state index contributed by atoms with van der Waals surface area (Å²) < 4.78 is 10.6. The zero-order chi connectivity index (χ0) is 22.7. The number of carbonyl (C=O) groups excluding carboxylic acids is 2. The lowest BCUT2D eigenvalue weighted by molar-refractivity contribution is -0.142. The molecule has 0 saturated carbocycles. The molecule has 1 aliphatic rings. The minimum absolute atomic E-state index is 0. The van der Waals surface area contributed by atoms with Crippen molar-refractivity contribution in [2.75, 3.05) is 12.4 Å². The van der Waals surface area contributed by atoms with Crippen LogP contribution < -0.4 is 15.8 Å². The smallest absolute Gasteiger partial charge is 0.322 e. The molecule has 0 spiro atoms. The van der Waals surface area contributed by atoms with Crippen LogP contribution in [0.3, 0.4) is 0 Å². The summed E-state index contributed by atoms with van der Waals surface area (Å²) in [6, 6.07) is 19.8. The molecule has 2 atom stereocenters. The zero-order valence-corrected chi connectivity index (χ0v) is 19.5. The van der Waals surface area contributed by atoms with E-state index in [-0.39, 0.29) is 24.2 Å². The molecular weight excluding hydrogens is 463 g/mol. The van der Waals surface area contributed by atoms with Crippen LogP contribution in [-0.4, -0.2) is 25.0 Å². The quantitative estimate of drug-likeness (QED) is 0.464. The van der Waals surface area contributed by atoms with Gasteiger partial charge in [0.05, 0.1) is 13.0 Å². The van der Waals surface area contributed by atoms with Gasteiger partial charge in [0.15, 0.2) is 0 Å². The van der Waals surface area contributed by atoms with E-state index in [2.05, 4.69) is 10.1 Å². The van der Waals surface area contributed by atoms with Crippen molar-refractivity contribution >= 4 is 41.6 Å². The third kappa shape index (κ3) is 5.66. The average molecular weight is 487 g/mol. The Labute approximate surface area is 203 Å². The van der Waals surface area contributed by atoms with Crippen molar-refractivity contribution in [1.29, 1.82) is 0 Å². The number of para-hydroxylation sites is 1. The highest BCUT2D eigenvalue weighted by Gasteiger charge is 2.30. The van der Waals surface area contributed by atoms with Gasteiger partial charge in [-0.15, -0.1) is 12.4 Å². The van der Waals surface area contributed by atoms with E-state index < -0.39 is 12.0 Å². The topological polar surface area (TPSA) is 90.7 Å². The van der Waals surface area contributed by atoms with Gasteiger partial charge in [-0.3, -0.25) is 9.59 Å². The molecule has 8 heteroatoms. The van der Waals surface area contributed by atoms with Gasteiger partial charge in [-0.2, -0.15) is 0 Å². The highest BCUT2D eigenvalue weighted by Crippen LogP contribution is 2.36. The summed E-state index contributed by atoms with van der Waals surface area (Å²) in [5.41, 5.74) is 9.42. The lowest BCUT2D eigenvalue weighted by atomic mass is 9.93. The first-order chi connectivity index (χ1) is 15.4. The number of hydrogen-bond acceptors (Lipinski definition) is 5. The number of methoxy groups -OCH3 is 1. The molecular formula is C25H24Cl2N2O4. The Morgan fingerprint density at radius 3 is 2.48 bits per heavy atom. The number of ether oxygens (including phenoxy) is 2. The number of fused-ring (bicyclic) bond motifs is 1. The number of esters is 1. The molecule has 1 unspecified atom stereocenters. The Morgan fingerprint density at radius 2 is 1.79 bits per heavy atom. The highest BCUT2D eigenvalue weighted by molar-refractivity contribution is 6.31. The Balaban J connectivity index is 0.00000306. The Bertz CT molecular complexity index is 1150. The van der Waals surface area contributed by atoms with Crippen molar-refractivity contribution in [1.82, 2.24) is 0 Å². The molecule has 0 saturated heterocycles. The predicted octanol–water partition coefficient (Wildman–Crippen LogP) is 4.88. The number of nitrogens with one attached hydrogen (secondary N) is 1. The molecule has 1 aliphatic heterocycles. The number of hydrogen-bond donors (Lipinski definition) is 2. The first-order valence-electron chi connectivity index (χ1n) is 10.2. The minimum atomic E-state index is -0.702. The predicted molar refractivity (Wildman–Crippen MR) is 130 cm³/mol. The van der Waals surface area contributed by atoms with Gasteiger partial charge in [0.2, 0.25) is 5.91 Å².